The van der Waals surface area contributed by atoms with Crippen molar-refractivity contribution in [3.05, 3.63) is 78.1 Å². The lowest BCUT2D eigenvalue weighted by Gasteiger charge is -2.11. The fraction of sp³-hybridized carbons (Fsp3) is 0.250. The lowest BCUT2D eigenvalue weighted by Crippen LogP contribution is -2.29. The van der Waals surface area contributed by atoms with Gasteiger partial charge in [0.1, 0.15) is 18.9 Å². The molecule has 1 heterocycles. The summed E-state index contributed by atoms with van der Waals surface area (Å²) in [6.07, 6.45) is 4.30. The van der Waals surface area contributed by atoms with Gasteiger partial charge in [0, 0.05) is 0 Å². The molecule has 0 aliphatic carbocycles. The van der Waals surface area contributed by atoms with Gasteiger partial charge in [-0.3, -0.25) is 0 Å². The van der Waals surface area contributed by atoms with Crippen molar-refractivity contribution in [2.45, 2.75) is 26.3 Å². The van der Waals surface area contributed by atoms with Crippen molar-refractivity contribution < 1.29 is 4.57 Å². The SMILES string of the molecule is CC(C)c1ccccc1-c1n(Cc2ccccc2)cc[n+]1C. The quantitative estimate of drug-likeness (QED) is 0.639. The molecule has 0 saturated heterocycles. The Bertz CT molecular complexity index is 754. The number of benzene rings is 2. The average molecular weight is 291 g/mol. The Kier molecular flexibility index (Phi) is 4.10. The van der Waals surface area contributed by atoms with Crippen LogP contribution in [0.1, 0.15) is 30.9 Å². The van der Waals surface area contributed by atoms with Crippen LogP contribution < -0.4 is 4.57 Å². The fourth-order valence-electron chi connectivity index (χ4n) is 2.98. The summed E-state index contributed by atoms with van der Waals surface area (Å²) in [6, 6.07) is 19.3. The van der Waals surface area contributed by atoms with E-state index in [-0.39, 0.29) is 0 Å². The fourth-order valence-corrected chi connectivity index (χ4v) is 2.98. The Hall–Kier alpha value is -2.35. The Morgan fingerprint density at radius 2 is 1.64 bits per heavy atom. The molecule has 0 aliphatic rings. The summed E-state index contributed by atoms with van der Waals surface area (Å²) in [7, 11) is 2.12. The van der Waals surface area contributed by atoms with Crippen LogP contribution >= 0.6 is 0 Å². The molecule has 0 N–H and O–H groups in total. The van der Waals surface area contributed by atoms with E-state index in [1.165, 1.54) is 22.5 Å². The van der Waals surface area contributed by atoms with E-state index in [4.69, 9.17) is 0 Å². The predicted molar refractivity (Wildman–Crippen MR) is 90.7 cm³/mol. The van der Waals surface area contributed by atoms with E-state index in [0.29, 0.717) is 5.92 Å². The molecule has 0 aliphatic heterocycles. The summed E-state index contributed by atoms with van der Waals surface area (Å²) in [4.78, 5) is 0. The van der Waals surface area contributed by atoms with E-state index >= 15 is 0 Å². The average Bonchev–Trinajstić information content (AvgIpc) is 2.89. The van der Waals surface area contributed by atoms with Gasteiger partial charge < -0.3 is 0 Å². The van der Waals surface area contributed by atoms with Crippen molar-refractivity contribution in [1.29, 1.82) is 0 Å². The predicted octanol–water partition coefficient (Wildman–Crippen LogP) is 4.15. The molecule has 112 valence electrons. The van der Waals surface area contributed by atoms with Crippen LogP contribution in [0.5, 0.6) is 0 Å². The van der Waals surface area contributed by atoms with Crippen molar-refractivity contribution in [3.63, 3.8) is 0 Å². The minimum absolute atomic E-state index is 0.510. The summed E-state index contributed by atoms with van der Waals surface area (Å²) in [5.41, 5.74) is 4.04. The summed E-state index contributed by atoms with van der Waals surface area (Å²) < 4.78 is 4.54. The Morgan fingerprint density at radius 1 is 0.955 bits per heavy atom. The van der Waals surface area contributed by atoms with E-state index in [0.717, 1.165) is 6.54 Å². The van der Waals surface area contributed by atoms with Crippen LogP contribution in [0.15, 0.2) is 67.0 Å². The highest BCUT2D eigenvalue weighted by molar-refractivity contribution is 5.59. The highest BCUT2D eigenvalue weighted by Gasteiger charge is 2.21. The van der Waals surface area contributed by atoms with Gasteiger partial charge >= 0.3 is 0 Å². The normalized spacial score (nSPS) is 11.1. The maximum absolute atomic E-state index is 2.33. The first-order valence-corrected chi connectivity index (χ1v) is 7.85. The van der Waals surface area contributed by atoms with E-state index < -0.39 is 0 Å². The second kappa shape index (κ2) is 6.18. The topological polar surface area (TPSA) is 8.81 Å². The molecule has 1 aromatic heterocycles. The van der Waals surface area contributed by atoms with Crippen molar-refractivity contribution in [2.24, 2.45) is 7.05 Å². The molecule has 0 unspecified atom stereocenters. The van der Waals surface area contributed by atoms with Gasteiger partial charge in [-0.05, 0) is 23.1 Å². The van der Waals surface area contributed by atoms with Gasteiger partial charge in [-0.1, -0.05) is 62.4 Å². The highest BCUT2D eigenvalue weighted by atomic mass is 15.1. The molecule has 2 aromatic carbocycles. The van der Waals surface area contributed by atoms with Gasteiger partial charge in [-0.15, -0.1) is 0 Å². The molecule has 2 heteroatoms. The van der Waals surface area contributed by atoms with Crippen molar-refractivity contribution in [2.75, 3.05) is 0 Å². The van der Waals surface area contributed by atoms with Gasteiger partial charge in [0.25, 0.3) is 5.82 Å². The highest BCUT2D eigenvalue weighted by Crippen LogP contribution is 2.27. The van der Waals surface area contributed by atoms with Crippen molar-refractivity contribution in [1.82, 2.24) is 4.57 Å². The van der Waals surface area contributed by atoms with E-state index in [1.54, 1.807) is 0 Å². The second-order valence-electron chi connectivity index (χ2n) is 6.09. The van der Waals surface area contributed by atoms with Gasteiger partial charge in [0.15, 0.2) is 0 Å². The van der Waals surface area contributed by atoms with Crippen LogP contribution in [-0.4, -0.2) is 4.57 Å². The molecule has 22 heavy (non-hydrogen) atoms. The molecule has 3 aromatic rings. The van der Waals surface area contributed by atoms with Crippen LogP contribution in [0.4, 0.5) is 0 Å². The number of aryl methyl sites for hydroxylation is 1. The molecule has 3 rings (SSSR count). The number of rotatable bonds is 4. The summed E-state index contributed by atoms with van der Waals surface area (Å²) in [5.74, 6) is 1.77. The number of hydrogen-bond acceptors (Lipinski definition) is 0. The third-order valence-electron chi connectivity index (χ3n) is 4.10. The van der Waals surface area contributed by atoms with Gasteiger partial charge in [0.05, 0.1) is 12.6 Å². The largest absolute Gasteiger partial charge is 0.289 e. The second-order valence-corrected chi connectivity index (χ2v) is 6.09. The Morgan fingerprint density at radius 3 is 2.36 bits per heavy atom. The summed E-state index contributed by atoms with van der Waals surface area (Å²) in [5, 5.41) is 0. The minimum Gasteiger partial charge on any atom is -0.233 e. The number of nitrogens with zero attached hydrogens (tertiary/aromatic N) is 2. The Balaban J connectivity index is 2.07. The number of hydrogen-bond donors (Lipinski definition) is 0. The lowest BCUT2D eigenvalue weighted by atomic mass is 9.96. The smallest absolute Gasteiger partial charge is 0.233 e. The van der Waals surface area contributed by atoms with E-state index in [9.17, 15) is 0 Å². The van der Waals surface area contributed by atoms with Crippen LogP contribution in [0.3, 0.4) is 0 Å². The standard InChI is InChI=1S/C20H23N2/c1-16(2)18-11-7-8-12-19(18)20-21(3)13-14-22(20)15-17-9-5-4-6-10-17/h4-14,16H,15H2,1-3H3/q+1. The van der Waals surface area contributed by atoms with Crippen LogP contribution in [0.2, 0.25) is 0 Å². The molecule has 0 fully saturated rings. The number of imidazole rings is 1. The molecule has 0 radical (unpaired) electrons. The molecule has 0 bridgehead atoms. The molecule has 0 amide bonds. The Labute approximate surface area is 132 Å². The number of aromatic nitrogens is 2. The molecule has 2 nitrogen and oxygen atoms in total. The summed E-state index contributed by atoms with van der Waals surface area (Å²) in [6.45, 7) is 5.40. The van der Waals surface area contributed by atoms with Crippen LogP contribution in [0.25, 0.3) is 11.4 Å². The molecular formula is C20H23N2+. The van der Waals surface area contributed by atoms with Crippen molar-refractivity contribution in [3.8, 4) is 11.4 Å². The zero-order valence-corrected chi connectivity index (χ0v) is 13.5. The zero-order chi connectivity index (χ0) is 15.5. The van der Waals surface area contributed by atoms with E-state index in [2.05, 4.69) is 97.0 Å². The third kappa shape index (κ3) is 2.82. The first kappa shape index (κ1) is 14.6. The minimum atomic E-state index is 0.510. The lowest BCUT2D eigenvalue weighted by molar-refractivity contribution is -0.659. The van der Waals surface area contributed by atoms with Crippen LogP contribution in [-0.2, 0) is 13.6 Å². The monoisotopic (exact) mass is 291 g/mol. The van der Waals surface area contributed by atoms with E-state index in [1.807, 2.05) is 0 Å². The van der Waals surface area contributed by atoms with Gasteiger partial charge in [-0.25, -0.2) is 9.13 Å². The zero-order valence-electron chi connectivity index (χ0n) is 13.5. The molecule has 0 spiro atoms. The van der Waals surface area contributed by atoms with Crippen molar-refractivity contribution >= 4 is 0 Å². The first-order chi connectivity index (χ1) is 10.7. The maximum Gasteiger partial charge on any atom is 0.289 e. The van der Waals surface area contributed by atoms with Gasteiger partial charge in [0.2, 0.25) is 0 Å². The van der Waals surface area contributed by atoms with Crippen LogP contribution in [0, 0.1) is 0 Å². The maximum atomic E-state index is 2.33. The van der Waals surface area contributed by atoms with Gasteiger partial charge in [-0.2, -0.15) is 0 Å². The summed E-state index contributed by atoms with van der Waals surface area (Å²) >= 11 is 0. The third-order valence-corrected chi connectivity index (χ3v) is 4.10. The first-order valence-electron chi connectivity index (χ1n) is 7.85. The molecular weight excluding hydrogens is 268 g/mol. The molecule has 0 saturated carbocycles. The molecule has 0 atom stereocenters.